The summed E-state index contributed by atoms with van der Waals surface area (Å²) < 4.78 is 16.4. The molecule has 0 amide bonds. The van der Waals surface area contributed by atoms with Crippen molar-refractivity contribution in [2.75, 3.05) is 5.73 Å². The molecule has 2 rings (SSSR count). The second-order valence-corrected chi connectivity index (χ2v) is 5.02. The minimum Gasteiger partial charge on any atom is -0.393 e. The maximum Gasteiger partial charge on any atom is 0.331 e. The van der Waals surface area contributed by atoms with Gasteiger partial charge in [-0.05, 0) is 18.2 Å². The Labute approximate surface area is 116 Å². The van der Waals surface area contributed by atoms with Crippen LogP contribution in [0, 0.1) is 5.82 Å². The number of aromatic nitrogens is 2. The SMILES string of the molecule is Cn1cc(N)c(=O)n(Cc2cc(Br)ccc2F)c1=O. The van der Waals surface area contributed by atoms with Gasteiger partial charge in [-0.2, -0.15) is 0 Å². The van der Waals surface area contributed by atoms with E-state index in [9.17, 15) is 14.0 Å². The summed E-state index contributed by atoms with van der Waals surface area (Å²) in [5, 5.41) is 0. The molecule has 19 heavy (non-hydrogen) atoms. The fourth-order valence-corrected chi connectivity index (χ4v) is 2.13. The molecule has 0 atom stereocenters. The number of nitrogens with zero attached hydrogens (tertiary/aromatic N) is 2. The summed E-state index contributed by atoms with van der Waals surface area (Å²) in [7, 11) is 1.48. The first-order chi connectivity index (χ1) is 8.90. The maximum atomic E-state index is 13.6. The van der Waals surface area contributed by atoms with Gasteiger partial charge in [-0.25, -0.2) is 9.18 Å². The van der Waals surface area contributed by atoms with Gasteiger partial charge in [0.15, 0.2) is 0 Å². The maximum absolute atomic E-state index is 13.6. The minimum atomic E-state index is -0.623. The van der Waals surface area contributed by atoms with Crippen LogP contribution in [-0.4, -0.2) is 9.13 Å². The zero-order chi connectivity index (χ0) is 14.2. The van der Waals surface area contributed by atoms with Crippen molar-refractivity contribution in [3.63, 3.8) is 0 Å². The Morgan fingerprint density at radius 2 is 2.05 bits per heavy atom. The van der Waals surface area contributed by atoms with Crippen molar-refractivity contribution in [2.24, 2.45) is 7.05 Å². The van der Waals surface area contributed by atoms with Crippen LogP contribution in [0.1, 0.15) is 5.56 Å². The number of rotatable bonds is 2. The molecule has 0 radical (unpaired) electrons. The average molecular weight is 328 g/mol. The molecule has 0 spiro atoms. The molecule has 2 aromatic rings. The number of hydrogen-bond donors (Lipinski definition) is 1. The van der Waals surface area contributed by atoms with Crippen molar-refractivity contribution in [2.45, 2.75) is 6.54 Å². The number of benzene rings is 1. The average Bonchev–Trinajstić information content (AvgIpc) is 2.36. The van der Waals surface area contributed by atoms with Gasteiger partial charge in [0.25, 0.3) is 5.56 Å². The van der Waals surface area contributed by atoms with E-state index in [-0.39, 0.29) is 17.8 Å². The van der Waals surface area contributed by atoms with E-state index in [1.807, 2.05) is 0 Å². The first kappa shape index (κ1) is 13.5. The van der Waals surface area contributed by atoms with Gasteiger partial charge in [0, 0.05) is 23.3 Å². The zero-order valence-electron chi connectivity index (χ0n) is 10.1. The zero-order valence-corrected chi connectivity index (χ0v) is 11.6. The van der Waals surface area contributed by atoms with Crippen LogP contribution >= 0.6 is 15.9 Å². The van der Waals surface area contributed by atoms with Crippen molar-refractivity contribution in [3.05, 3.63) is 61.1 Å². The van der Waals surface area contributed by atoms with Crippen LogP contribution in [-0.2, 0) is 13.6 Å². The number of anilines is 1. The van der Waals surface area contributed by atoms with E-state index in [1.165, 1.54) is 29.9 Å². The Morgan fingerprint density at radius 3 is 2.74 bits per heavy atom. The molecular formula is C12H11BrFN3O2. The molecule has 0 aliphatic carbocycles. The Balaban J connectivity index is 2.59. The first-order valence-electron chi connectivity index (χ1n) is 5.40. The number of nitrogen functional groups attached to an aromatic ring is 1. The van der Waals surface area contributed by atoms with Gasteiger partial charge in [0.2, 0.25) is 0 Å². The van der Waals surface area contributed by atoms with Crippen molar-refractivity contribution in [1.82, 2.24) is 9.13 Å². The molecule has 0 aliphatic heterocycles. The Kier molecular flexibility index (Phi) is 3.57. The van der Waals surface area contributed by atoms with Crippen molar-refractivity contribution in [3.8, 4) is 0 Å². The van der Waals surface area contributed by atoms with Crippen molar-refractivity contribution < 1.29 is 4.39 Å². The van der Waals surface area contributed by atoms with Crippen LogP contribution in [0.3, 0.4) is 0 Å². The predicted octanol–water partition coefficient (Wildman–Crippen LogP) is 1.08. The van der Waals surface area contributed by atoms with Crippen LogP contribution in [0.4, 0.5) is 10.1 Å². The van der Waals surface area contributed by atoms with Gasteiger partial charge in [-0.15, -0.1) is 0 Å². The standard InChI is InChI=1S/C12H11BrFN3O2/c1-16-6-10(15)11(18)17(12(16)19)5-7-4-8(13)2-3-9(7)14/h2-4,6H,5,15H2,1H3. The Morgan fingerprint density at radius 1 is 1.37 bits per heavy atom. The van der Waals surface area contributed by atoms with Gasteiger partial charge < -0.3 is 10.3 Å². The van der Waals surface area contributed by atoms with Crippen LogP contribution in [0.2, 0.25) is 0 Å². The Bertz CT molecular complexity index is 717. The lowest BCUT2D eigenvalue weighted by Gasteiger charge is -2.09. The second-order valence-electron chi connectivity index (χ2n) is 4.10. The molecule has 1 aromatic carbocycles. The normalized spacial score (nSPS) is 10.7. The fraction of sp³-hybridized carbons (Fsp3) is 0.167. The topological polar surface area (TPSA) is 70.0 Å². The molecule has 1 heterocycles. The number of hydrogen-bond acceptors (Lipinski definition) is 3. The highest BCUT2D eigenvalue weighted by Crippen LogP contribution is 2.15. The predicted molar refractivity (Wildman–Crippen MR) is 73.6 cm³/mol. The van der Waals surface area contributed by atoms with Crippen molar-refractivity contribution >= 4 is 21.6 Å². The van der Waals surface area contributed by atoms with Gasteiger partial charge in [-0.1, -0.05) is 15.9 Å². The van der Waals surface area contributed by atoms with E-state index in [0.29, 0.717) is 4.47 Å². The van der Waals surface area contributed by atoms with Crippen LogP contribution in [0.15, 0.2) is 38.5 Å². The highest BCUT2D eigenvalue weighted by atomic mass is 79.9. The third-order valence-corrected chi connectivity index (χ3v) is 3.19. The summed E-state index contributed by atoms with van der Waals surface area (Å²) in [6, 6.07) is 4.32. The first-order valence-corrected chi connectivity index (χ1v) is 6.19. The number of halogens is 2. The Hall–Kier alpha value is -1.89. The third-order valence-electron chi connectivity index (χ3n) is 2.69. The molecule has 5 nitrogen and oxygen atoms in total. The molecule has 0 unspecified atom stereocenters. The highest BCUT2D eigenvalue weighted by molar-refractivity contribution is 9.10. The molecule has 0 bridgehead atoms. The summed E-state index contributed by atoms with van der Waals surface area (Å²) in [5.74, 6) is -0.487. The van der Waals surface area contributed by atoms with E-state index in [2.05, 4.69) is 15.9 Å². The summed E-state index contributed by atoms with van der Waals surface area (Å²) in [4.78, 5) is 23.7. The monoisotopic (exact) mass is 327 g/mol. The van der Waals surface area contributed by atoms with Gasteiger partial charge in [0.05, 0.1) is 6.54 Å². The lowest BCUT2D eigenvalue weighted by Crippen LogP contribution is -2.40. The molecule has 0 saturated carbocycles. The number of nitrogens with two attached hydrogens (primary N) is 1. The molecule has 0 saturated heterocycles. The third kappa shape index (κ3) is 2.60. The minimum absolute atomic E-state index is 0.0579. The van der Waals surface area contributed by atoms with Crippen LogP contribution in [0.5, 0.6) is 0 Å². The lowest BCUT2D eigenvalue weighted by atomic mass is 10.2. The van der Waals surface area contributed by atoms with E-state index in [0.717, 1.165) is 4.57 Å². The van der Waals surface area contributed by atoms with Gasteiger partial charge >= 0.3 is 5.69 Å². The summed E-state index contributed by atoms with van der Waals surface area (Å²) in [6.45, 7) is -0.165. The smallest absolute Gasteiger partial charge is 0.331 e. The van der Waals surface area contributed by atoms with Gasteiger partial charge in [0.1, 0.15) is 11.5 Å². The fourth-order valence-electron chi connectivity index (χ4n) is 1.73. The van der Waals surface area contributed by atoms with Crippen LogP contribution < -0.4 is 17.0 Å². The summed E-state index contributed by atoms with van der Waals surface area (Å²) in [6.07, 6.45) is 1.25. The van der Waals surface area contributed by atoms with E-state index in [1.54, 1.807) is 6.07 Å². The van der Waals surface area contributed by atoms with E-state index in [4.69, 9.17) is 5.73 Å². The largest absolute Gasteiger partial charge is 0.393 e. The molecule has 100 valence electrons. The van der Waals surface area contributed by atoms with Crippen molar-refractivity contribution in [1.29, 1.82) is 0 Å². The molecule has 1 aromatic heterocycles. The number of aryl methyl sites for hydroxylation is 1. The van der Waals surface area contributed by atoms with Crippen LogP contribution in [0.25, 0.3) is 0 Å². The lowest BCUT2D eigenvalue weighted by molar-refractivity contribution is 0.579. The summed E-state index contributed by atoms with van der Waals surface area (Å²) >= 11 is 3.21. The second kappa shape index (κ2) is 5.00. The highest BCUT2D eigenvalue weighted by Gasteiger charge is 2.11. The molecule has 2 N–H and O–H groups in total. The summed E-state index contributed by atoms with van der Waals surface area (Å²) in [5.41, 5.74) is 4.53. The van der Waals surface area contributed by atoms with Gasteiger partial charge in [-0.3, -0.25) is 9.36 Å². The molecule has 0 fully saturated rings. The van der Waals surface area contributed by atoms with E-state index >= 15 is 0 Å². The van der Waals surface area contributed by atoms with E-state index < -0.39 is 17.1 Å². The molecule has 7 heteroatoms. The molecular weight excluding hydrogens is 317 g/mol. The quantitative estimate of drug-likeness (QED) is 0.897. The molecule has 0 aliphatic rings.